The van der Waals surface area contributed by atoms with Crippen molar-refractivity contribution < 1.29 is 0 Å². The number of hydrogen-bond acceptors (Lipinski definition) is 2. The molecule has 1 heterocycles. The molecule has 2 N–H and O–H groups in total. The molecule has 2 aromatic rings. The lowest BCUT2D eigenvalue weighted by atomic mass is 9.95. The van der Waals surface area contributed by atoms with Gasteiger partial charge < -0.3 is 5.73 Å². The highest BCUT2D eigenvalue weighted by Gasteiger charge is 2.15. The third kappa shape index (κ3) is 2.77. The number of nitrogens with two attached hydrogens (primary N) is 1. The van der Waals surface area contributed by atoms with Crippen LogP contribution in [0.1, 0.15) is 41.5 Å². The van der Waals surface area contributed by atoms with Crippen molar-refractivity contribution in [2.75, 3.05) is 0 Å². The summed E-state index contributed by atoms with van der Waals surface area (Å²) in [5.41, 5.74) is 10.3. The average molecular weight is 280 g/mol. The highest BCUT2D eigenvalue weighted by molar-refractivity contribution is 7.16. The molecule has 1 unspecified atom stereocenters. The zero-order valence-corrected chi connectivity index (χ0v) is 12.3. The number of halogens is 1. The van der Waals surface area contributed by atoms with Gasteiger partial charge in [-0.3, -0.25) is 0 Å². The molecule has 0 aliphatic heterocycles. The molecule has 0 saturated heterocycles. The van der Waals surface area contributed by atoms with Gasteiger partial charge in [-0.1, -0.05) is 43.6 Å². The van der Waals surface area contributed by atoms with Crippen molar-refractivity contribution in [3.63, 3.8) is 0 Å². The highest BCUT2D eigenvalue weighted by Crippen LogP contribution is 2.31. The Kier molecular flexibility index (Phi) is 4.44. The van der Waals surface area contributed by atoms with Crippen molar-refractivity contribution in [2.45, 2.75) is 32.7 Å². The van der Waals surface area contributed by atoms with Crippen LogP contribution >= 0.6 is 22.9 Å². The molecular weight excluding hydrogens is 262 g/mol. The van der Waals surface area contributed by atoms with E-state index in [-0.39, 0.29) is 6.04 Å². The molecule has 0 aliphatic carbocycles. The third-order valence-electron chi connectivity index (χ3n) is 3.24. The molecule has 3 heteroatoms. The molecule has 0 bridgehead atoms. The first-order valence-corrected chi connectivity index (χ1v) is 7.47. The van der Waals surface area contributed by atoms with Gasteiger partial charge in [-0.15, -0.1) is 11.3 Å². The van der Waals surface area contributed by atoms with Crippen molar-refractivity contribution in [3.05, 3.63) is 56.2 Å². The van der Waals surface area contributed by atoms with Crippen molar-refractivity contribution in [1.82, 2.24) is 0 Å². The Balaban J connectivity index is 2.41. The summed E-state index contributed by atoms with van der Waals surface area (Å²) in [6.07, 6.45) is 2.04. The fraction of sp³-hybridized carbons (Fsp3) is 0.333. The predicted molar refractivity (Wildman–Crippen MR) is 80.6 cm³/mol. The Morgan fingerprint density at radius 3 is 2.50 bits per heavy atom. The molecule has 1 aromatic heterocycles. The van der Waals surface area contributed by atoms with Gasteiger partial charge in [0.15, 0.2) is 0 Å². The molecule has 0 aliphatic rings. The molecule has 0 radical (unpaired) electrons. The van der Waals surface area contributed by atoms with E-state index in [1.807, 2.05) is 12.1 Å². The van der Waals surface area contributed by atoms with E-state index in [0.29, 0.717) is 0 Å². The molecular formula is C15H18ClNS. The molecule has 1 aromatic carbocycles. The molecule has 0 saturated carbocycles. The van der Waals surface area contributed by atoms with Gasteiger partial charge in [-0.2, -0.15) is 0 Å². The van der Waals surface area contributed by atoms with Crippen LogP contribution in [-0.2, 0) is 12.8 Å². The van der Waals surface area contributed by atoms with E-state index < -0.39 is 0 Å². The summed E-state index contributed by atoms with van der Waals surface area (Å²) in [5.74, 6) is 0. The van der Waals surface area contributed by atoms with Gasteiger partial charge in [0.2, 0.25) is 0 Å². The van der Waals surface area contributed by atoms with Crippen molar-refractivity contribution in [1.29, 1.82) is 0 Å². The summed E-state index contributed by atoms with van der Waals surface area (Å²) >= 11 is 7.55. The van der Waals surface area contributed by atoms with E-state index >= 15 is 0 Å². The Hall–Kier alpha value is -0.830. The lowest BCUT2D eigenvalue weighted by Crippen LogP contribution is -2.13. The van der Waals surface area contributed by atoms with Crippen molar-refractivity contribution in [3.8, 4) is 0 Å². The number of rotatable bonds is 4. The zero-order chi connectivity index (χ0) is 13.1. The van der Waals surface area contributed by atoms with Crippen molar-refractivity contribution >= 4 is 22.9 Å². The molecule has 0 amide bonds. The van der Waals surface area contributed by atoms with Crippen LogP contribution in [0.2, 0.25) is 4.34 Å². The number of thiophene rings is 1. The van der Waals surface area contributed by atoms with Crippen LogP contribution in [0.4, 0.5) is 0 Å². The fourth-order valence-electron chi connectivity index (χ4n) is 2.12. The van der Waals surface area contributed by atoms with E-state index in [1.54, 1.807) is 11.3 Å². The van der Waals surface area contributed by atoms with Crippen molar-refractivity contribution in [2.24, 2.45) is 5.73 Å². The number of benzene rings is 1. The Morgan fingerprint density at radius 2 is 1.94 bits per heavy atom. The molecule has 0 spiro atoms. The van der Waals surface area contributed by atoms with E-state index in [2.05, 4.69) is 32.0 Å². The first-order chi connectivity index (χ1) is 8.65. The van der Waals surface area contributed by atoms with E-state index in [0.717, 1.165) is 22.1 Å². The second kappa shape index (κ2) is 5.87. The van der Waals surface area contributed by atoms with E-state index in [1.165, 1.54) is 16.7 Å². The summed E-state index contributed by atoms with van der Waals surface area (Å²) in [6, 6.07) is 10.5. The SMILES string of the molecule is CCc1ccc(CC)c(C(N)c2ccc(Cl)s2)c1. The lowest BCUT2D eigenvalue weighted by molar-refractivity contribution is 0.863. The summed E-state index contributed by atoms with van der Waals surface area (Å²) in [5, 5.41) is 0. The Bertz CT molecular complexity index is 533. The summed E-state index contributed by atoms with van der Waals surface area (Å²) in [4.78, 5) is 1.13. The van der Waals surface area contributed by atoms with Crippen LogP contribution in [-0.4, -0.2) is 0 Å². The summed E-state index contributed by atoms with van der Waals surface area (Å²) in [6.45, 7) is 4.33. The molecule has 18 heavy (non-hydrogen) atoms. The largest absolute Gasteiger partial charge is 0.320 e. The second-order valence-electron chi connectivity index (χ2n) is 4.36. The fourth-order valence-corrected chi connectivity index (χ4v) is 3.21. The standard InChI is InChI=1S/C15H18ClNS/c1-3-10-5-6-11(4-2)12(9-10)15(17)13-7-8-14(16)18-13/h5-9,15H,3-4,17H2,1-2H3. The van der Waals surface area contributed by atoms with E-state index in [9.17, 15) is 0 Å². The third-order valence-corrected chi connectivity index (χ3v) is 4.55. The zero-order valence-electron chi connectivity index (χ0n) is 10.7. The maximum atomic E-state index is 6.38. The summed E-state index contributed by atoms with van der Waals surface area (Å²) < 4.78 is 0.796. The quantitative estimate of drug-likeness (QED) is 0.871. The van der Waals surface area contributed by atoms with Gasteiger partial charge in [0.05, 0.1) is 10.4 Å². The summed E-state index contributed by atoms with van der Waals surface area (Å²) in [7, 11) is 0. The van der Waals surface area contributed by atoms with Gasteiger partial charge in [0, 0.05) is 4.88 Å². The average Bonchev–Trinajstić information content (AvgIpc) is 2.83. The molecule has 0 fully saturated rings. The van der Waals surface area contributed by atoms with Gasteiger partial charge in [0.25, 0.3) is 0 Å². The lowest BCUT2D eigenvalue weighted by Gasteiger charge is -2.16. The minimum atomic E-state index is -0.0658. The van der Waals surface area contributed by atoms with Crippen LogP contribution in [0.25, 0.3) is 0 Å². The van der Waals surface area contributed by atoms with E-state index in [4.69, 9.17) is 17.3 Å². The maximum Gasteiger partial charge on any atom is 0.0931 e. The molecule has 1 nitrogen and oxygen atoms in total. The highest BCUT2D eigenvalue weighted by atomic mass is 35.5. The molecule has 2 rings (SSSR count). The minimum Gasteiger partial charge on any atom is -0.320 e. The van der Waals surface area contributed by atoms with Crippen LogP contribution in [0.3, 0.4) is 0 Å². The molecule has 96 valence electrons. The van der Waals surface area contributed by atoms with Gasteiger partial charge in [-0.05, 0) is 41.7 Å². The maximum absolute atomic E-state index is 6.38. The van der Waals surface area contributed by atoms with Crippen LogP contribution in [0.5, 0.6) is 0 Å². The van der Waals surface area contributed by atoms with Crippen LogP contribution in [0.15, 0.2) is 30.3 Å². The Labute approximate surface area is 118 Å². The smallest absolute Gasteiger partial charge is 0.0931 e. The second-order valence-corrected chi connectivity index (χ2v) is 6.11. The number of hydrogen-bond donors (Lipinski definition) is 1. The normalized spacial score (nSPS) is 12.7. The Morgan fingerprint density at radius 1 is 1.17 bits per heavy atom. The van der Waals surface area contributed by atoms with Gasteiger partial charge in [0.1, 0.15) is 0 Å². The molecule has 1 atom stereocenters. The van der Waals surface area contributed by atoms with Gasteiger partial charge in [-0.25, -0.2) is 0 Å². The topological polar surface area (TPSA) is 26.0 Å². The minimum absolute atomic E-state index is 0.0658. The van der Waals surface area contributed by atoms with Crippen LogP contribution < -0.4 is 5.73 Å². The van der Waals surface area contributed by atoms with Crippen LogP contribution in [0, 0.1) is 0 Å². The first kappa shape index (κ1) is 13.6. The first-order valence-electron chi connectivity index (χ1n) is 6.28. The monoisotopic (exact) mass is 279 g/mol. The number of aryl methyl sites for hydroxylation is 2. The van der Waals surface area contributed by atoms with Gasteiger partial charge >= 0.3 is 0 Å². The predicted octanol–water partition coefficient (Wildman–Crippen LogP) is 4.57.